The van der Waals surface area contributed by atoms with Crippen LogP contribution >= 0.6 is 0 Å². The lowest BCUT2D eigenvalue weighted by Crippen LogP contribution is -2.40. The van der Waals surface area contributed by atoms with Crippen molar-refractivity contribution in [1.82, 2.24) is 20.1 Å². The summed E-state index contributed by atoms with van der Waals surface area (Å²) in [6.07, 6.45) is 3.88. The molecule has 3 aliphatic heterocycles. The molecule has 2 amide bonds. The van der Waals surface area contributed by atoms with Gasteiger partial charge in [-0.05, 0) is 71.3 Å². The molecule has 3 aliphatic rings. The number of nitrogens with one attached hydrogen (secondary N) is 2. The number of aromatic nitrogens is 1. The first kappa shape index (κ1) is 28.0. The van der Waals surface area contributed by atoms with Gasteiger partial charge in [0.25, 0.3) is 5.91 Å². The molecule has 2 N–H and O–H groups in total. The number of fused-ring (bicyclic) bond motifs is 2. The topological polar surface area (TPSA) is 105 Å². The number of rotatable bonds is 6. The quantitative estimate of drug-likeness (QED) is 0.355. The Morgan fingerprint density at radius 3 is 2.67 bits per heavy atom. The number of amides is 2. The van der Waals surface area contributed by atoms with Gasteiger partial charge in [0.15, 0.2) is 17.3 Å². The Balaban J connectivity index is 1.35. The summed E-state index contributed by atoms with van der Waals surface area (Å²) in [5.41, 5.74) is 0.00577. The first-order valence-electron chi connectivity index (χ1n) is 14.5. The number of alkyl carbamates (subject to hydrolysis) is 1. The van der Waals surface area contributed by atoms with Crippen LogP contribution in [0.1, 0.15) is 50.4 Å². The zero-order valence-electron chi connectivity index (χ0n) is 24.2. The average molecular weight is 578 g/mol. The third-order valence-electron chi connectivity index (χ3n) is 7.89. The molecule has 11 heteroatoms. The van der Waals surface area contributed by atoms with Crippen molar-refractivity contribution in [2.24, 2.45) is 0 Å². The summed E-state index contributed by atoms with van der Waals surface area (Å²) in [6.45, 7) is 9.32. The molecule has 2 fully saturated rings. The van der Waals surface area contributed by atoms with Crippen molar-refractivity contribution in [1.29, 1.82) is 0 Å². The van der Waals surface area contributed by atoms with Gasteiger partial charge in [0.2, 0.25) is 5.43 Å². The number of ether oxygens (including phenoxy) is 2. The zero-order valence-corrected chi connectivity index (χ0v) is 24.2. The van der Waals surface area contributed by atoms with Crippen molar-refractivity contribution < 1.29 is 23.5 Å². The first-order valence-corrected chi connectivity index (χ1v) is 14.5. The van der Waals surface area contributed by atoms with Crippen molar-refractivity contribution in [3.8, 4) is 17.2 Å². The lowest BCUT2D eigenvalue weighted by atomic mass is 10.1. The third-order valence-corrected chi connectivity index (χ3v) is 7.89. The molecule has 1 unspecified atom stereocenters. The minimum Gasteiger partial charge on any atom is -0.451 e. The number of para-hydroxylation sites is 2. The largest absolute Gasteiger partial charge is 0.451 e. The Kier molecular flexibility index (Phi) is 7.30. The van der Waals surface area contributed by atoms with Crippen LogP contribution in [-0.4, -0.2) is 72.4 Å². The number of halogens is 1. The number of anilines is 1. The number of benzene rings is 2. The van der Waals surface area contributed by atoms with E-state index >= 15 is 4.39 Å². The number of hydrogen-bond donors (Lipinski definition) is 2. The predicted octanol–water partition coefficient (Wildman–Crippen LogP) is 4.16. The van der Waals surface area contributed by atoms with E-state index in [9.17, 15) is 14.4 Å². The smallest absolute Gasteiger partial charge is 0.407 e. The van der Waals surface area contributed by atoms with E-state index in [-0.39, 0.29) is 28.4 Å². The van der Waals surface area contributed by atoms with E-state index in [0.717, 1.165) is 25.9 Å². The molecule has 0 saturated carbocycles. The number of carbonyl (C=O) groups excluding carboxylic acids is 2. The van der Waals surface area contributed by atoms with Gasteiger partial charge in [-0.3, -0.25) is 9.59 Å². The molecular weight excluding hydrogens is 541 g/mol. The molecule has 4 heterocycles. The number of hydrogen-bond acceptors (Lipinski definition) is 7. The van der Waals surface area contributed by atoms with Gasteiger partial charge in [-0.25, -0.2) is 9.18 Å². The van der Waals surface area contributed by atoms with Gasteiger partial charge in [-0.1, -0.05) is 12.1 Å². The van der Waals surface area contributed by atoms with E-state index in [2.05, 4.69) is 15.5 Å². The van der Waals surface area contributed by atoms with Gasteiger partial charge in [0.1, 0.15) is 22.4 Å². The maximum absolute atomic E-state index is 16.0. The number of likely N-dealkylation sites (tertiary alicyclic amines) is 1. The molecule has 3 aromatic rings. The van der Waals surface area contributed by atoms with Crippen molar-refractivity contribution in [3.63, 3.8) is 0 Å². The van der Waals surface area contributed by atoms with E-state index in [0.29, 0.717) is 49.6 Å². The second-order valence-electron chi connectivity index (χ2n) is 12.1. The van der Waals surface area contributed by atoms with Crippen LogP contribution in [0.2, 0.25) is 0 Å². The summed E-state index contributed by atoms with van der Waals surface area (Å²) in [5, 5.41) is 5.80. The monoisotopic (exact) mass is 577 g/mol. The van der Waals surface area contributed by atoms with Crippen molar-refractivity contribution in [2.75, 3.05) is 44.2 Å². The van der Waals surface area contributed by atoms with Crippen LogP contribution in [0.4, 0.5) is 14.9 Å². The van der Waals surface area contributed by atoms with Crippen LogP contribution in [0.25, 0.3) is 16.6 Å². The van der Waals surface area contributed by atoms with Crippen molar-refractivity contribution in [2.45, 2.75) is 51.7 Å². The Bertz CT molecular complexity index is 1610. The van der Waals surface area contributed by atoms with Crippen LogP contribution in [0.5, 0.6) is 11.5 Å². The van der Waals surface area contributed by atoms with Crippen LogP contribution < -0.4 is 25.7 Å². The van der Waals surface area contributed by atoms with Crippen LogP contribution in [0, 0.1) is 5.82 Å². The Morgan fingerprint density at radius 1 is 1.14 bits per heavy atom. The van der Waals surface area contributed by atoms with Crippen LogP contribution in [0.15, 0.2) is 41.3 Å². The summed E-state index contributed by atoms with van der Waals surface area (Å²) < 4.78 is 29.4. The summed E-state index contributed by atoms with van der Waals surface area (Å²) in [4.78, 5) is 43.3. The average Bonchev–Trinajstić information content (AvgIpc) is 3.61. The lowest BCUT2D eigenvalue weighted by Gasteiger charge is -2.29. The van der Waals surface area contributed by atoms with Gasteiger partial charge < -0.3 is 34.5 Å². The fourth-order valence-corrected chi connectivity index (χ4v) is 6.00. The number of pyridine rings is 1. The normalized spacial score (nSPS) is 18.1. The highest BCUT2D eigenvalue weighted by Crippen LogP contribution is 2.47. The fraction of sp³-hybridized carbons (Fsp3) is 0.452. The third kappa shape index (κ3) is 5.40. The summed E-state index contributed by atoms with van der Waals surface area (Å²) >= 11 is 0. The van der Waals surface area contributed by atoms with Crippen molar-refractivity contribution in [3.05, 3.63) is 58.1 Å². The molecule has 0 aliphatic carbocycles. The van der Waals surface area contributed by atoms with Gasteiger partial charge >= 0.3 is 6.09 Å². The van der Waals surface area contributed by atoms with E-state index in [1.165, 1.54) is 12.3 Å². The molecule has 1 atom stereocenters. The summed E-state index contributed by atoms with van der Waals surface area (Å²) in [6, 6.07) is 8.18. The van der Waals surface area contributed by atoms with E-state index < -0.39 is 28.8 Å². The minimum absolute atomic E-state index is 0.0541. The first-order chi connectivity index (χ1) is 20.1. The van der Waals surface area contributed by atoms with Crippen molar-refractivity contribution >= 4 is 28.6 Å². The highest BCUT2D eigenvalue weighted by atomic mass is 19.1. The lowest BCUT2D eigenvalue weighted by molar-refractivity contribution is 0.0508. The Morgan fingerprint density at radius 2 is 1.90 bits per heavy atom. The number of nitrogens with zero attached hydrogens (tertiary/aromatic N) is 3. The fourth-order valence-electron chi connectivity index (χ4n) is 6.00. The van der Waals surface area contributed by atoms with Crippen LogP contribution in [-0.2, 0) is 4.74 Å². The number of carbonyl (C=O) groups is 2. The Hall–Kier alpha value is -4.12. The zero-order chi connectivity index (χ0) is 29.6. The van der Waals surface area contributed by atoms with Gasteiger partial charge in [0, 0.05) is 32.4 Å². The molecule has 0 spiro atoms. The van der Waals surface area contributed by atoms with Crippen LogP contribution in [0.3, 0.4) is 0 Å². The molecule has 6 rings (SSSR count). The summed E-state index contributed by atoms with van der Waals surface area (Å²) in [7, 11) is 0. The molecular formula is C31H36FN5O5. The molecule has 0 bridgehead atoms. The molecule has 2 saturated heterocycles. The molecule has 42 heavy (non-hydrogen) atoms. The second-order valence-corrected chi connectivity index (χ2v) is 12.1. The maximum atomic E-state index is 16.0. The molecule has 2 aromatic carbocycles. The molecule has 0 radical (unpaired) electrons. The van der Waals surface area contributed by atoms with E-state index in [1.54, 1.807) is 31.4 Å². The Labute approximate surface area is 243 Å². The highest BCUT2D eigenvalue weighted by Gasteiger charge is 2.34. The predicted molar refractivity (Wildman–Crippen MR) is 158 cm³/mol. The maximum Gasteiger partial charge on any atom is 0.407 e. The van der Waals surface area contributed by atoms with E-state index in [1.807, 2.05) is 23.1 Å². The molecule has 10 nitrogen and oxygen atoms in total. The standard InChI is InChI=1S/C31H36FN5O5/c1-31(2,3)42-30(40)34-19-10-14-36(17-19)26-22(32)16-20-25-28(26)41-24-9-5-4-8-23(24)37(25)18-21(27(20)38)29(39)33-11-15-35-12-6-7-13-35/h4-5,8-9,16,18-19H,6-7,10-15,17H2,1-3H3,(H,33,39)(H,34,40). The van der Waals surface area contributed by atoms with Gasteiger partial charge in [-0.15, -0.1) is 0 Å². The summed E-state index contributed by atoms with van der Waals surface area (Å²) in [5.74, 6) is -0.440. The van der Waals surface area contributed by atoms with Gasteiger partial charge in [0.05, 0.1) is 17.1 Å². The van der Waals surface area contributed by atoms with Gasteiger partial charge in [-0.2, -0.15) is 0 Å². The molecule has 1 aromatic heterocycles. The minimum atomic E-state index is -0.634. The van der Waals surface area contributed by atoms with E-state index in [4.69, 9.17) is 9.47 Å². The SMILES string of the molecule is CC(C)(C)OC(=O)NC1CCN(c2c(F)cc3c(=O)c(C(=O)NCCN4CCCC4)cn4c3c2Oc2ccccc2-4)C1. The molecule has 222 valence electrons. The highest BCUT2D eigenvalue weighted by molar-refractivity contribution is 6.01. The second kappa shape index (κ2) is 10.9.